The van der Waals surface area contributed by atoms with Gasteiger partial charge in [0.2, 0.25) is 0 Å². The van der Waals surface area contributed by atoms with E-state index in [0.29, 0.717) is 0 Å². The molecule has 1 heterocycles. The van der Waals surface area contributed by atoms with Crippen molar-refractivity contribution in [2.24, 2.45) is 5.10 Å². The Balaban J connectivity index is 1.55. The van der Waals surface area contributed by atoms with Crippen molar-refractivity contribution in [3.8, 4) is 11.3 Å². The van der Waals surface area contributed by atoms with Crippen molar-refractivity contribution in [1.29, 1.82) is 0 Å². The van der Waals surface area contributed by atoms with E-state index >= 15 is 0 Å². The second-order valence-corrected chi connectivity index (χ2v) is 5.58. The molecule has 0 saturated carbocycles. The van der Waals surface area contributed by atoms with E-state index in [4.69, 9.17) is 0 Å². The summed E-state index contributed by atoms with van der Waals surface area (Å²) in [6.07, 6.45) is 3.25. The van der Waals surface area contributed by atoms with Gasteiger partial charge in [-0.15, -0.1) is 0 Å². The Labute approximate surface area is 146 Å². The van der Waals surface area contributed by atoms with E-state index in [1.54, 1.807) is 12.4 Å². The van der Waals surface area contributed by atoms with Gasteiger partial charge in [-0.25, -0.2) is 5.43 Å². The second-order valence-electron chi connectivity index (χ2n) is 5.58. The lowest BCUT2D eigenvalue weighted by Crippen LogP contribution is -2.25. The number of anilines is 1. The maximum atomic E-state index is 11.9. The highest BCUT2D eigenvalue weighted by molar-refractivity contribution is 5.89. The number of H-pyrrole nitrogens is 1. The smallest absolute Gasteiger partial charge is 0.259 e. The number of hydrogen-bond acceptors (Lipinski definition) is 4. The predicted molar refractivity (Wildman–Crippen MR) is 99.4 cm³/mol. The van der Waals surface area contributed by atoms with E-state index in [9.17, 15) is 4.79 Å². The van der Waals surface area contributed by atoms with Gasteiger partial charge < -0.3 is 5.32 Å². The van der Waals surface area contributed by atoms with E-state index in [-0.39, 0.29) is 12.5 Å². The fourth-order valence-corrected chi connectivity index (χ4v) is 2.38. The van der Waals surface area contributed by atoms with Crippen LogP contribution in [0.15, 0.2) is 65.9 Å². The number of nitrogens with one attached hydrogen (secondary N) is 3. The maximum Gasteiger partial charge on any atom is 0.259 e. The number of rotatable bonds is 6. The Hall–Kier alpha value is -3.41. The lowest BCUT2D eigenvalue weighted by atomic mass is 10.1. The zero-order chi connectivity index (χ0) is 17.5. The van der Waals surface area contributed by atoms with Gasteiger partial charge in [-0.2, -0.15) is 10.2 Å². The van der Waals surface area contributed by atoms with Crippen LogP contribution in [-0.2, 0) is 4.79 Å². The number of carbonyl (C=O) groups is 1. The molecule has 6 nitrogen and oxygen atoms in total. The minimum atomic E-state index is -0.220. The Morgan fingerprint density at radius 1 is 1.20 bits per heavy atom. The van der Waals surface area contributed by atoms with Crippen LogP contribution in [0.25, 0.3) is 11.3 Å². The number of hydrazone groups is 1. The van der Waals surface area contributed by atoms with E-state index in [2.05, 4.69) is 26.0 Å². The highest BCUT2D eigenvalue weighted by Gasteiger charge is 2.05. The minimum Gasteiger partial charge on any atom is -0.376 e. The lowest BCUT2D eigenvalue weighted by molar-refractivity contribution is -0.119. The molecule has 0 spiro atoms. The van der Waals surface area contributed by atoms with Gasteiger partial charge in [-0.05, 0) is 24.6 Å². The van der Waals surface area contributed by atoms with Gasteiger partial charge in [0, 0.05) is 16.8 Å². The molecule has 1 aromatic heterocycles. The molecule has 25 heavy (non-hydrogen) atoms. The van der Waals surface area contributed by atoms with Crippen molar-refractivity contribution in [3.05, 3.63) is 71.9 Å². The van der Waals surface area contributed by atoms with Gasteiger partial charge in [0.25, 0.3) is 5.91 Å². The number of amides is 1. The van der Waals surface area contributed by atoms with Gasteiger partial charge in [-0.1, -0.05) is 42.5 Å². The topological polar surface area (TPSA) is 82.2 Å². The summed E-state index contributed by atoms with van der Waals surface area (Å²) in [4.78, 5) is 11.9. The first-order valence-corrected chi connectivity index (χ1v) is 7.93. The molecule has 0 bridgehead atoms. The number of aryl methyl sites for hydroxylation is 1. The summed E-state index contributed by atoms with van der Waals surface area (Å²) >= 11 is 0. The summed E-state index contributed by atoms with van der Waals surface area (Å²) in [7, 11) is 0. The summed E-state index contributed by atoms with van der Waals surface area (Å²) in [6.45, 7) is 2.16. The largest absolute Gasteiger partial charge is 0.376 e. The summed E-state index contributed by atoms with van der Waals surface area (Å²) in [5, 5.41) is 14.1. The third kappa shape index (κ3) is 4.54. The average molecular weight is 333 g/mol. The van der Waals surface area contributed by atoms with Gasteiger partial charge in [0.15, 0.2) is 0 Å². The molecule has 3 N–H and O–H groups in total. The van der Waals surface area contributed by atoms with Crippen LogP contribution >= 0.6 is 0 Å². The predicted octanol–water partition coefficient (Wildman–Crippen LogP) is 2.95. The molecule has 0 aliphatic heterocycles. The van der Waals surface area contributed by atoms with Crippen molar-refractivity contribution >= 4 is 17.8 Å². The maximum absolute atomic E-state index is 11.9. The zero-order valence-electron chi connectivity index (χ0n) is 13.9. The standard InChI is InChI=1S/C19H19N5O/c1-14-6-5-9-17(10-14)20-13-18(25)23-21-11-16-12-22-24-19(16)15-7-3-2-4-8-15/h2-12,20H,13H2,1H3,(H,22,24)(H,23,25). The van der Waals surface area contributed by atoms with E-state index in [1.165, 1.54) is 0 Å². The van der Waals surface area contributed by atoms with Crippen molar-refractivity contribution in [1.82, 2.24) is 15.6 Å². The molecule has 1 amide bonds. The highest BCUT2D eigenvalue weighted by Crippen LogP contribution is 2.18. The molecule has 0 fully saturated rings. The molecule has 3 rings (SSSR count). The molecule has 6 heteroatoms. The molecule has 3 aromatic rings. The van der Waals surface area contributed by atoms with Crippen molar-refractivity contribution in [2.45, 2.75) is 6.92 Å². The third-order valence-corrected chi connectivity index (χ3v) is 3.60. The first-order valence-electron chi connectivity index (χ1n) is 7.93. The van der Waals surface area contributed by atoms with Crippen LogP contribution in [0.2, 0.25) is 0 Å². The molecule has 2 aromatic carbocycles. The molecular formula is C19H19N5O. The Kier molecular flexibility index (Phi) is 5.21. The number of benzene rings is 2. The van der Waals surface area contributed by atoms with E-state index < -0.39 is 0 Å². The van der Waals surface area contributed by atoms with Gasteiger partial charge in [-0.3, -0.25) is 9.89 Å². The normalized spacial score (nSPS) is 10.8. The molecule has 0 radical (unpaired) electrons. The summed E-state index contributed by atoms with van der Waals surface area (Å²) in [5.74, 6) is -0.220. The first-order chi connectivity index (χ1) is 12.2. The highest BCUT2D eigenvalue weighted by atomic mass is 16.2. The SMILES string of the molecule is Cc1cccc(NCC(=O)NN=Cc2cn[nH]c2-c2ccccc2)c1. The molecule has 0 aliphatic rings. The summed E-state index contributed by atoms with van der Waals surface area (Å²) in [6, 6.07) is 17.7. The van der Waals surface area contributed by atoms with Gasteiger partial charge in [0.05, 0.1) is 24.7 Å². The second kappa shape index (κ2) is 7.92. The van der Waals surface area contributed by atoms with Gasteiger partial charge >= 0.3 is 0 Å². The monoisotopic (exact) mass is 333 g/mol. The van der Waals surface area contributed by atoms with Crippen LogP contribution in [0.5, 0.6) is 0 Å². The summed E-state index contributed by atoms with van der Waals surface area (Å²) in [5.41, 5.74) is 7.22. The van der Waals surface area contributed by atoms with Crippen molar-refractivity contribution < 1.29 is 4.79 Å². The van der Waals surface area contributed by atoms with Crippen molar-refractivity contribution in [3.63, 3.8) is 0 Å². The summed E-state index contributed by atoms with van der Waals surface area (Å²) < 4.78 is 0. The van der Waals surface area contributed by atoms with Crippen LogP contribution in [0.4, 0.5) is 5.69 Å². The fourth-order valence-electron chi connectivity index (χ4n) is 2.38. The van der Waals surface area contributed by atoms with E-state index in [1.807, 2.05) is 61.5 Å². The van der Waals surface area contributed by atoms with Crippen LogP contribution in [0.1, 0.15) is 11.1 Å². The Morgan fingerprint density at radius 3 is 2.84 bits per heavy atom. The molecular weight excluding hydrogens is 314 g/mol. The van der Waals surface area contributed by atoms with Crippen LogP contribution < -0.4 is 10.7 Å². The molecule has 126 valence electrons. The quantitative estimate of drug-likeness (QED) is 0.479. The minimum absolute atomic E-state index is 0.151. The molecule has 0 saturated heterocycles. The van der Waals surface area contributed by atoms with Gasteiger partial charge in [0.1, 0.15) is 0 Å². The zero-order valence-corrected chi connectivity index (χ0v) is 13.9. The van der Waals surface area contributed by atoms with E-state index in [0.717, 1.165) is 28.1 Å². The Morgan fingerprint density at radius 2 is 2.04 bits per heavy atom. The number of nitrogens with zero attached hydrogens (tertiary/aromatic N) is 2. The molecule has 0 aliphatic carbocycles. The number of aromatic nitrogens is 2. The number of carbonyl (C=O) groups excluding carboxylic acids is 1. The molecule has 0 atom stereocenters. The van der Waals surface area contributed by atoms with Crippen LogP contribution in [-0.4, -0.2) is 28.9 Å². The first kappa shape index (κ1) is 16.4. The lowest BCUT2D eigenvalue weighted by Gasteiger charge is -2.05. The van der Waals surface area contributed by atoms with Crippen LogP contribution in [0, 0.1) is 6.92 Å². The van der Waals surface area contributed by atoms with Crippen molar-refractivity contribution in [2.75, 3.05) is 11.9 Å². The average Bonchev–Trinajstić information content (AvgIpc) is 3.09. The Bertz CT molecular complexity index is 870. The number of aromatic amines is 1. The molecule has 0 unspecified atom stereocenters. The van der Waals surface area contributed by atoms with Crippen LogP contribution in [0.3, 0.4) is 0 Å². The third-order valence-electron chi connectivity index (χ3n) is 3.60. The fraction of sp³-hybridized carbons (Fsp3) is 0.105. The number of hydrogen-bond donors (Lipinski definition) is 3.